The minimum absolute atomic E-state index is 0.777. The molecule has 4 aromatic carbocycles. The van der Waals surface area contributed by atoms with E-state index in [2.05, 4.69) is 112 Å². The Balaban J connectivity index is 1.66. The molecule has 0 atom stereocenters. The molecular weight excluding hydrogens is 392 g/mol. The summed E-state index contributed by atoms with van der Waals surface area (Å²) in [4.78, 5) is 0. The summed E-state index contributed by atoms with van der Waals surface area (Å²) in [7, 11) is -0.867. The van der Waals surface area contributed by atoms with Crippen molar-refractivity contribution < 1.29 is 4.43 Å². The zero-order chi connectivity index (χ0) is 21.6. The van der Waals surface area contributed by atoms with Crippen molar-refractivity contribution in [1.82, 2.24) is 0 Å². The van der Waals surface area contributed by atoms with Crippen molar-refractivity contribution in [1.29, 1.82) is 0 Å². The number of benzene rings is 4. The van der Waals surface area contributed by atoms with E-state index in [1.54, 1.807) is 0 Å². The van der Waals surface area contributed by atoms with Crippen molar-refractivity contribution >= 4 is 14.9 Å². The van der Waals surface area contributed by atoms with Gasteiger partial charge in [-0.25, -0.2) is 0 Å². The molecule has 4 aromatic rings. The lowest BCUT2D eigenvalue weighted by Crippen LogP contribution is -2.22. The lowest BCUT2D eigenvalue weighted by atomic mass is 9.90. The Labute approximate surface area is 188 Å². The second kappa shape index (κ2) is 9.91. The fourth-order valence-corrected chi connectivity index (χ4v) is 5.51. The monoisotopic (exact) mass is 422 g/mol. The number of hydrogen-bond donors (Lipinski definition) is 0. The molecule has 0 saturated carbocycles. The maximum atomic E-state index is 6.34. The lowest BCUT2D eigenvalue weighted by Gasteiger charge is -2.18. The van der Waals surface area contributed by atoms with Crippen molar-refractivity contribution in [3.05, 3.63) is 113 Å². The van der Waals surface area contributed by atoms with Crippen molar-refractivity contribution in [3.8, 4) is 22.3 Å². The van der Waals surface area contributed by atoms with Gasteiger partial charge in [0.25, 0.3) is 0 Å². The Morgan fingerprint density at radius 1 is 0.581 bits per heavy atom. The topological polar surface area (TPSA) is 9.23 Å². The first kappa shape index (κ1) is 21.3. The fraction of sp³-hybridized carbons (Fsp3) is 0.172. The third-order valence-electron chi connectivity index (χ3n) is 6.03. The van der Waals surface area contributed by atoms with Gasteiger partial charge in [0, 0.05) is 6.61 Å². The van der Waals surface area contributed by atoms with Crippen LogP contribution >= 0.6 is 0 Å². The van der Waals surface area contributed by atoms with Crippen LogP contribution in [0.5, 0.6) is 0 Å². The molecule has 31 heavy (non-hydrogen) atoms. The van der Waals surface area contributed by atoms with Crippen LogP contribution in [0.3, 0.4) is 0 Å². The van der Waals surface area contributed by atoms with Crippen molar-refractivity contribution in [3.63, 3.8) is 0 Å². The van der Waals surface area contributed by atoms with E-state index in [-0.39, 0.29) is 0 Å². The average Bonchev–Trinajstić information content (AvgIpc) is 2.78. The third-order valence-corrected chi connectivity index (χ3v) is 7.43. The summed E-state index contributed by atoms with van der Waals surface area (Å²) in [5, 5.41) is 1.37. The van der Waals surface area contributed by atoms with Crippen LogP contribution in [0.15, 0.2) is 91.0 Å². The first-order valence-electron chi connectivity index (χ1n) is 11.0. The normalized spacial score (nSPS) is 11.3. The van der Waals surface area contributed by atoms with Gasteiger partial charge in [-0.1, -0.05) is 91.0 Å². The molecule has 4 rings (SSSR count). The Morgan fingerprint density at radius 3 is 1.84 bits per heavy atom. The predicted molar refractivity (Wildman–Crippen MR) is 136 cm³/mol. The van der Waals surface area contributed by atoms with E-state index >= 15 is 0 Å². The van der Waals surface area contributed by atoms with Gasteiger partial charge in [-0.2, -0.15) is 0 Å². The molecule has 0 heterocycles. The van der Waals surface area contributed by atoms with Gasteiger partial charge in [-0.05, 0) is 76.9 Å². The number of aryl methyl sites for hydroxylation is 3. The lowest BCUT2D eigenvalue weighted by molar-refractivity contribution is 0.346. The van der Waals surface area contributed by atoms with E-state index in [4.69, 9.17) is 4.43 Å². The van der Waals surface area contributed by atoms with E-state index < -0.39 is 9.76 Å². The first-order valence-corrected chi connectivity index (χ1v) is 12.3. The zero-order valence-corrected chi connectivity index (χ0v) is 20.1. The summed E-state index contributed by atoms with van der Waals surface area (Å²) < 4.78 is 6.34. The summed E-state index contributed by atoms with van der Waals surface area (Å²) >= 11 is 0. The van der Waals surface area contributed by atoms with E-state index in [0.717, 1.165) is 13.0 Å². The Bertz CT molecular complexity index is 1180. The highest BCUT2D eigenvalue weighted by atomic mass is 28.2. The Kier molecular flexibility index (Phi) is 6.81. The molecule has 0 bridgehead atoms. The summed E-state index contributed by atoms with van der Waals surface area (Å²) in [5.41, 5.74) is 10.6. The van der Waals surface area contributed by atoms with Gasteiger partial charge < -0.3 is 4.43 Å². The van der Waals surface area contributed by atoms with E-state index in [0.29, 0.717) is 0 Å². The standard InChI is InChI=1S/C29H30OSi/c1-21-11-4-7-14-24(21)19-20-30-31-28-18-10-17-27(25-15-8-5-12-22(25)2)29(28)26-16-9-6-13-23(26)3/h4-18H,19-20,31H2,1-3H3. The zero-order valence-electron chi connectivity index (χ0n) is 18.7. The van der Waals surface area contributed by atoms with E-state index in [1.807, 2.05) is 0 Å². The van der Waals surface area contributed by atoms with E-state index in [1.165, 1.54) is 49.7 Å². The van der Waals surface area contributed by atoms with Crippen LogP contribution in [0.25, 0.3) is 22.3 Å². The van der Waals surface area contributed by atoms with Gasteiger partial charge >= 0.3 is 0 Å². The highest BCUT2D eigenvalue weighted by Crippen LogP contribution is 2.34. The van der Waals surface area contributed by atoms with E-state index in [9.17, 15) is 0 Å². The predicted octanol–water partition coefficient (Wildman–Crippen LogP) is 5.91. The molecule has 0 amide bonds. The highest BCUT2D eigenvalue weighted by Gasteiger charge is 2.15. The van der Waals surface area contributed by atoms with Crippen LogP contribution in [0.4, 0.5) is 0 Å². The number of hydrogen-bond acceptors (Lipinski definition) is 1. The smallest absolute Gasteiger partial charge is 0.192 e. The van der Waals surface area contributed by atoms with Gasteiger partial charge in [-0.15, -0.1) is 0 Å². The highest BCUT2D eigenvalue weighted by molar-refractivity contribution is 6.50. The molecule has 0 unspecified atom stereocenters. The van der Waals surface area contributed by atoms with Crippen LogP contribution in [0.2, 0.25) is 0 Å². The Hall–Kier alpha value is -2.94. The first-order chi connectivity index (χ1) is 15.1. The van der Waals surface area contributed by atoms with Gasteiger partial charge in [0.1, 0.15) is 0 Å². The fourth-order valence-electron chi connectivity index (χ4n) is 4.25. The van der Waals surface area contributed by atoms with Gasteiger partial charge in [0.05, 0.1) is 0 Å². The van der Waals surface area contributed by atoms with Crippen molar-refractivity contribution in [2.24, 2.45) is 0 Å². The minimum Gasteiger partial charge on any atom is -0.418 e. The SMILES string of the molecule is Cc1ccccc1CCO[SiH2]c1cccc(-c2ccccc2C)c1-c1ccccc1C. The molecule has 2 heteroatoms. The molecule has 1 nitrogen and oxygen atoms in total. The molecule has 0 radical (unpaired) electrons. The van der Waals surface area contributed by atoms with Gasteiger partial charge in [0.15, 0.2) is 9.76 Å². The number of rotatable bonds is 7. The molecule has 0 aliphatic rings. The molecule has 0 saturated heterocycles. The molecule has 0 aromatic heterocycles. The second-order valence-electron chi connectivity index (χ2n) is 8.20. The quantitative estimate of drug-likeness (QED) is 0.266. The Morgan fingerprint density at radius 2 is 1.16 bits per heavy atom. The maximum Gasteiger partial charge on any atom is 0.192 e. The summed E-state index contributed by atoms with van der Waals surface area (Å²) in [6.45, 7) is 7.35. The summed E-state index contributed by atoms with van der Waals surface area (Å²) in [6, 6.07) is 32.7. The second-order valence-corrected chi connectivity index (χ2v) is 9.66. The van der Waals surface area contributed by atoms with Gasteiger partial charge in [-0.3, -0.25) is 0 Å². The molecule has 0 N–H and O–H groups in total. The third kappa shape index (κ3) is 4.87. The van der Waals surface area contributed by atoms with Crippen LogP contribution < -0.4 is 5.19 Å². The van der Waals surface area contributed by atoms with Crippen LogP contribution in [-0.2, 0) is 10.8 Å². The van der Waals surface area contributed by atoms with Crippen LogP contribution in [0, 0.1) is 20.8 Å². The van der Waals surface area contributed by atoms with Crippen molar-refractivity contribution in [2.75, 3.05) is 6.61 Å². The molecule has 0 spiro atoms. The molecule has 0 aliphatic carbocycles. The van der Waals surface area contributed by atoms with Crippen molar-refractivity contribution in [2.45, 2.75) is 27.2 Å². The van der Waals surface area contributed by atoms with Crippen LogP contribution in [-0.4, -0.2) is 16.4 Å². The average molecular weight is 423 g/mol. The summed E-state index contributed by atoms with van der Waals surface area (Å²) in [5.74, 6) is 0. The van der Waals surface area contributed by atoms with Crippen LogP contribution in [0.1, 0.15) is 22.3 Å². The largest absolute Gasteiger partial charge is 0.418 e. The molecule has 0 fully saturated rings. The summed E-state index contributed by atoms with van der Waals surface area (Å²) in [6.07, 6.45) is 0.969. The van der Waals surface area contributed by atoms with Gasteiger partial charge in [0.2, 0.25) is 0 Å². The molecule has 0 aliphatic heterocycles. The molecule has 156 valence electrons. The maximum absolute atomic E-state index is 6.34. The molecular formula is C29H30OSi. The minimum atomic E-state index is -0.867.